The summed E-state index contributed by atoms with van der Waals surface area (Å²) in [5.74, 6) is -0.888. The Hall–Kier alpha value is -2.01. The van der Waals surface area contributed by atoms with E-state index < -0.39 is 42.3 Å². The number of hydrogen-bond donors (Lipinski definition) is 4. The van der Waals surface area contributed by atoms with Crippen LogP contribution in [0, 0.1) is 5.92 Å². The zero-order valence-corrected chi connectivity index (χ0v) is 13.4. The Balaban J connectivity index is 1.98. The Morgan fingerprint density at radius 1 is 1.48 bits per heavy atom. The average molecular weight is 355 g/mol. The van der Waals surface area contributed by atoms with Gasteiger partial charge in [0.2, 0.25) is 0 Å². The van der Waals surface area contributed by atoms with Crippen molar-refractivity contribution in [2.24, 2.45) is 5.92 Å². The van der Waals surface area contributed by atoms with E-state index in [2.05, 4.69) is 4.98 Å². The first-order valence-electron chi connectivity index (χ1n) is 8.08. The number of aliphatic hydroxyl groups excluding tert-OH is 3. The van der Waals surface area contributed by atoms with E-state index >= 15 is 0 Å². The molecule has 0 amide bonds. The number of nitrogens with two attached hydrogens (primary N) is 1. The van der Waals surface area contributed by atoms with Crippen molar-refractivity contribution in [1.29, 1.82) is 0 Å². The quantitative estimate of drug-likeness (QED) is 0.436. The molecule has 5 N–H and O–H groups in total. The van der Waals surface area contributed by atoms with Crippen LogP contribution in [0.4, 0.5) is 5.82 Å². The third kappa shape index (κ3) is 2.91. The number of aliphatic hydroxyl groups is 3. The molecule has 2 heterocycles. The van der Waals surface area contributed by atoms with Crippen molar-refractivity contribution in [2.45, 2.75) is 43.3 Å². The lowest BCUT2D eigenvalue weighted by Gasteiger charge is -2.32. The van der Waals surface area contributed by atoms with Crippen LogP contribution in [0.25, 0.3) is 0 Å². The topological polar surface area (TPSA) is 157 Å². The van der Waals surface area contributed by atoms with Gasteiger partial charge in [-0.15, -0.1) is 0 Å². The third-order valence-electron chi connectivity index (χ3n) is 4.77. The van der Waals surface area contributed by atoms with Gasteiger partial charge in [-0.3, -0.25) is 4.57 Å². The van der Waals surface area contributed by atoms with E-state index in [1.54, 1.807) is 0 Å². The molecule has 138 valence electrons. The van der Waals surface area contributed by atoms with E-state index in [0.717, 1.165) is 30.0 Å². The summed E-state index contributed by atoms with van der Waals surface area (Å²) < 4.78 is 11.4. The molecule has 10 nitrogen and oxygen atoms in total. The van der Waals surface area contributed by atoms with Crippen molar-refractivity contribution in [1.82, 2.24) is 9.55 Å². The molecule has 0 aromatic carbocycles. The van der Waals surface area contributed by atoms with Gasteiger partial charge in [-0.2, -0.15) is 4.98 Å². The van der Waals surface area contributed by atoms with E-state index in [-0.39, 0.29) is 18.3 Å². The minimum absolute atomic E-state index is 0.0778. The van der Waals surface area contributed by atoms with Gasteiger partial charge in [0.05, 0.1) is 13.2 Å². The van der Waals surface area contributed by atoms with Crippen molar-refractivity contribution < 1.29 is 29.6 Å². The fourth-order valence-electron chi connectivity index (χ4n) is 3.04. The maximum atomic E-state index is 12.7. The van der Waals surface area contributed by atoms with Gasteiger partial charge in [0.25, 0.3) is 5.72 Å². The predicted octanol–water partition coefficient (Wildman–Crippen LogP) is -2.07. The van der Waals surface area contributed by atoms with E-state index in [1.165, 1.54) is 6.07 Å². The minimum Gasteiger partial charge on any atom is -0.462 e. The van der Waals surface area contributed by atoms with Crippen molar-refractivity contribution >= 4 is 11.8 Å². The number of rotatable bonds is 5. The van der Waals surface area contributed by atoms with Gasteiger partial charge in [0.1, 0.15) is 24.1 Å². The van der Waals surface area contributed by atoms with Crippen molar-refractivity contribution in [2.75, 3.05) is 18.9 Å². The van der Waals surface area contributed by atoms with Crippen molar-refractivity contribution in [3.63, 3.8) is 0 Å². The normalized spacial score (nSPS) is 32.4. The van der Waals surface area contributed by atoms with Gasteiger partial charge >= 0.3 is 11.7 Å². The molecule has 1 aromatic rings. The molecule has 3 rings (SSSR count). The van der Waals surface area contributed by atoms with Crippen LogP contribution < -0.4 is 11.4 Å². The second kappa shape index (κ2) is 6.71. The highest BCUT2D eigenvalue weighted by Crippen LogP contribution is 2.37. The number of carbonyl (C=O) groups is 1. The van der Waals surface area contributed by atoms with Gasteiger partial charge in [-0.1, -0.05) is 6.42 Å². The Labute approximate surface area is 142 Å². The van der Waals surface area contributed by atoms with Crippen LogP contribution in [-0.2, 0) is 20.0 Å². The first kappa shape index (κ1) is 17.8. The molecule has 1 aliphatic heterocycles. The minimum atomic E-state index is -2.34. The fraction of sp³-hybridized carbons (Fsp3) is 0.667. The van der Waals surface area contributed by atoms with Crippen LogP contribution in [0.2, 0.25) is 0 Å². The molecule has 0 unspecified atom stereocenters. The summed E-state index contributed by atoms with van der Waals surface area (Å²) >= 11 is 0. The van der Waals surface area contributed by atoms with Crippen LogP contribution in [0.3, 0.4) is 0 Å². The molecule has 1 aliphatic carbocycles. The van der Waals surface area contributed by atoms with Crippen LogP contribution in [0.1, 0.15) is 19.3 Å². The number of carbonyl (C=O) groups excluding carboxylic acids is 1. The fourth-order valence-corrected chi connectivity index (χ4v) is 3.04. The maximum absolute atomic E-state index is 12.7. The number of ether oxygens (including phenoxy) is 2. The average Bonchev–Trinajstić information content (AvgIpc) is 2.79. The van der Waals surface area contributed by atoms with Crippen LogP contribution in [0.15, 0.2) is 17.1 Å². The second-order valence-corrected chi connectivity index (χ2v) is 6.37. The highest BCUT2D eigenvalue weighted by Gasteiger charge is 2.62. The van der Waals surface area contributed by atoms with Gasteiger partial charge in [-0.25, -0.2) is 9.59 Å². The van der Waals surface area contributed by atoms with E-state index in [9.17, 15) is 24.9 Å². The van der Waals surface area contributed by atoms with E-state index in [1.807, 2.05) is 0 Å². The Kier molecular flexibility index (Phi) is 4.78. The predicted molar refractivity (Wildman–Crippen MR) is 83.2 cm³/mol. The summed E-state index contributed by atoms with van der Waals surface area (Å²) in [6.07, 6.45) is -0.656. The molecule has 4 atom stereocenters. The number of aromatic nitrogens is 2. The lowest BCUT2D eigenvalue weighted by Crippen LogP contribution is -2.56. The smallest absolute Gasteiger partial charge is 0.363 e. The Morgan fingerprint density at radius 2 is 2.20 bits per heavy atom. The van der Waals surface area contributed by atoms with Crippen molar-refractivity contribution in [3.8, 4) is 0 Å². The summed E-state index contributed by atoms with van der Waals surface area (Å²) in [6.45, 7) is -0.541. The number of anilines is 1. The highest BCUT2D eigenvalue weighted by atomic mass is 16.6. The molecule has 1 saturated carbocycles. The zero-order valence-electron chi connectivity index (χ0n) is 13.4. The Morgan fingerprint density at radius 3 is 2.72 bits per heavy atom. The van der Waals surface area contributed by atoms with E-state index in [0.29, 0.717) is 0 Å². The molecule has 25 heavy (non-hydrogen) atoms. The Bertz CT molecular complexity index is 705. The van der Waals surface area contributed by atoms with Crippen LogP contribution in [0.5, 0.6) is 0 Å². The summed E-state index contributed by atoms with van der Waals surface area (Å²) in [5, 5.41) is 29.9. The summed E-state index contributed by atoms with van der Waals surface area (Å²) in [6, 6.07) is 1.25. The lowest BCUT2D eigenvalue weighted by molar-refractivity contribution is -0.204. The third-order valence-corrected chi connectivity index (χ3v) is 4.77. The molecule has 1 saturated heterocycles. The molecular formula is C15H21N3O7. The highest BCUT2D eigenvalue weighted by molar-refractivity contribution is 5.78. The first-order chi connectivity index (χ1) is 11.9. The van der Waals surface area contributed by atoms with Gasteiger partial charge in [0, 0.05) is 6.20 Å². The maximum Gasteiger partial charge on any atom is 0.363 e. The molecule has 1 aromatic heterocycles. The second-order valence-electron chi connectivity index (χ2n) is 6.37. The molecule has 0 bridgehead atoms. The summed E-state index contributed by atoms with van der Waals surface area (Å²) in [7, 11) is 0. The summed E-state index contributed by atoms with van der Waals surface area (Å²) in [5.41, 5.74) is 2.16. The van der Waals surface area contributed by atoms with Gasteiger partial charge < -0.3 is 30.5 Å². The number of nitrogens with zero attached hydrogens (tertiary/aromatic N) is 2. The zero-order chi connectivity index (χ0) is 18.2. The molecular weight excluding hydrogens is 334 g/mol. The lowest BCUT2D eigenvalue weighted by atomic mass is 9.86. The monoisotopic (exact) mass is 355 g/mol. The largest absolute Gasteiger partial charge is 0.462 e. The first-order valence-corrected chi connectivity index (χ1v) is 8.08. The number of nitrogen functional groups attached to an aromatic ring is 1. The van der Waals surface area contributed by atoms with E-state index in [4.69, 9.17) is 15.2 Å². The molecule has 0 radical (unpaired) electrons. The molecule has 0 spiro atoms. The molecule has 2 aliphatic rings. The van der Waals surface area contributed by atoms with Gasteiger partial charge in [0.15, 0.2) is 0 Å². The number of hydrogen-bond acceptors (Lipinski definition) is 9. The SMILES string of the molecule is Nc1ccn([C@]2(C(=O)OCC3CCC3)O[C@H](CO)[C@@H](O)[C@H]2O)c(=O)n1. The molecule has 10 heteroatoms. The molecule has 2 fully saturated rings. The summed E-state index contributed by atoms with van der Waals surface area (Å²) in [4.78, 5) is 28.5. The standard InChI is InChI=1S/C15H21N3O7/c16-10-4-5-18(14(23)17-10)15(12(21)11(20)9(6-19)25-15)13(22)24-7-8-2-1-3-8/h4-5,8-9,11-12,19-21H,1-3,6-7H2,(H2,16,17,23)/t9-,11-,12-,15+/m1/s1. The van der Waals surface area contributed by atoms with Crippen LogP contribution >= 0.6 is 0 Å². The van der Waals surface area contributed by atoms with Crippen molar-refractivity contribution in [3.05, 3.63) is 22.7 Å². The van der Waals surface area contributed by atoms with Crippen LogP contribution in [-0.4, -0.2) is 62.4 Å². The van der Waals surface area contributed by atoms with Gasteiger partial charge in [-0.05, 0) is 24.8 Å². The number of esters is 1.